The van der Waals surface area contributed by atoms with Crippen molar-refractivity contribution in [3.8, 4) is 35.3 Å². The molecule has 1 heterocycles. The van der Waals surface area contributed by atoms with Crippen LogP contribution >= 0.6 is 0 Å². The Morgan fingerprint density at radius 2 is 1.27 bits per heavy atom. The van der Waals surface area contributed by atoms with Crippen molar-refractivity contribution in [2.45, 2.75) is 13.8 Å². The number of nitrogens with zero attached hydrogens (tertiary/aromatic N) is 4. The standard InChI is InChI=1S/C20H14N4O2/c1-13-14(2)23-24-20(19(13)12-22)26-18-9-7-17(8-10-18)25-16-5-3-15(11-21)4-6-16/h3-10H,1-2H3. The molecule has 0 amide bonds. The van der Waals surface area contributed by atoms with E-state index < -0.39 is 0 Å². The topological polar surface area (TPSA) is 91.8 Å². The minimum Gasteiger partial charge on any atom is -0.457 e. The number of aryl methyl sites for hydroxylation is 1. The molecule has 0 N–H and O–H groups in total. The second kappa shape index (κ2) is 7.33. The average molecular weight is 342 g/mol. The highest BCUT2D eigenvalue weighted by molar-refractivity contribution is 5.47. The van der Waals surface area contributed by atoms with Crippen LogP contribution in [0.2, 0.25) is 0 Å². The molecule has 0 aliphatic heterocycles. The lowest BCUT2D eigenvalue weighted by Gasteiger charge is -2.10. The van der Waals surface area contributed by atoms with Crippen LogP contribution in [-0.4, -0.2) is 10.2 Å². The molecule has 0 unspecified atom stereocenters. The highest BCUT2D eigenvalue weighted by Crippen LogP contribution is 2.28. The van der Waals surface area contributed by atoms with Gasteiger partial charge in [0, 0.05) is 0 Å². The van der Waals surface area contributed by atoms with Crippen molar-refractivity contribution < 1.29 is 9.47 Å². The zero-order chi connectivity index (χ0) is 18.5. The van der Waals surface area contributed by atoms with Crippen LogP contribution in [-0.2, 0) is 0 Å². The molecule has 0 radical (unpaired) electrons. The molecule has 0 aliphatic carbocycles. The molecule has 0 spiro atoms. The molecule has 1 aromatic heterocycles. The Balaban J connectivity index is 1.75. The summed E-state index contributed by atoms with van der Waals surface area (Å²) in [6.45, 7) is 3.60. The number of aromatic nitrogens is 2. The molecule has 3 rings (SSSR count). The summed E-state index contributed by atoms with van der Waals surface area (Å²) in [4.78, 5) is 0. The Bertz CT molecular complexity index is 1010. The lowest BCUT2D eigenvalue weighted by molar-refractivity contribution is 0.447. The van der Waals surface area contributed by atoms with Crippen molar-refractivity contribution in [1.82, 2.24) is 10.2 Å². The first-order valence-corrected chi connectivity index (χ1v) is 7.80. The summed E-state index contributed by atoms with van der Waals surface area (Å²) in [6.07, 6.45) is 0. The largest absolute Gasteiger partial charge is 0.457 e. The highest BCUT2D eigenvalue weighted by atomic mass is 16.5. The Morgan fingerprint density at radius 3 is 1.81 bits per heavy atom. The fourth-order valence-corrected chi connectivity index (χ4v) is 2.21. The van der Waals surface area contributed by atoms with Gasteiger partial charge in [-0.3, -0.25) is 0 Å². The predicted molar refractivity (Wildman–Crippen MR) is 94.0 cm³/mol. The summed E-state index contributed by atoms with van der Waals surface area (Å²) in [5, 5.41) is 26.1. The van der Waals surface area contributed by atoms with Crippen LogP contribution in [0.4, 0.5) is 0 Å². The molecule has 126 valence electrons. The van der Waals surface area contributed by atoms with Crippen LogP contribution in [0.3, 0.4) is 0 Å². The van der Waals surface area contributed by atoms with Gasteiger partial charge in [-0.25, -0.2) is 0 Å². The van der Waals surface area contributed by atoms with Gasteiger partial charge >= 0.3 is 0 Å². The van der Waals surface area contributed by atoms with Crippen molar-refractivity contribution in [1.29, 1.82) is 10.5 Å². The van der Waals surface area contributed by atoms with E-state index in [0.717, 1.165) is 5.56 Å². The van der Waals surface area contributed by atoms with E-state index in [9.17, 15) is 5.26 Å². The molecule has 3 aromatic rings. The maximum atomic E-state index is 9.31. The fraction of sp³-hybridized carbons (Fsp3) is 0.100. The van der Waals surface area contributed by atoms with Crippen LogP contribution in [0.5, 0.6) is 23.1 Å². The van der Waals surface area contributed by atoms with Crippen molar-refractivity contribution in [3.05, 3.63) is 70.9 Å². The Hall–Kier alpha value is -3.90. The third-order valence-corrected chi connectivity index (χ3v) is 3.79. The van der Waals surface area contributed by atoms with Gasteiger partial charge in [-0.1, -0.05) is 0 Å². The first-order valence-electron chi connectivity index (χ1n) is 7.80. The number of hydrogen-bond donors (Lipinski definition) is 0. The third-order valence-electron chi connectivity index (χ3n) is 3.79. The number of ether oxygens (including phenoxy) is 2. The van der Waals surface area contributed by atoms with Crippen LogP contribution in [0.25, 0.3) is 0 Å². The van der Waals surface area contributed by atoms with Gasteiger partial charge in [0.25, 0.3) is 5.88 Å². The molecule has 6 nitrogen and oxygen atoms in total. The molecular weight excluding hydrogens is 328 g/mol. The van der Waals surface area contributed by atoms with Gasteiger partial charge in [-0.05, 0) is 67.9 Å². The van der Waals surface area contributed by atoms with Crippen molar-refractivity contribution >= 4 is 0 Å². The summed E-state index contributed by atoms with van der Waals surface area (Å²) < 4.78 is 11.4. The first kappa shape index (κ1) is 16.9. The Kier molecular flexibility index (Phi) is 4.78. The maximum Gasteiger partial charge on any atom is 0.257 e. The molecule has 6 heteroatoms. The maximum absolute atomic E-state index is 9.31. The van der Waals surface area contributed by atoms with Crippen molar-refractivity contribution in [3.63, 3.8) is 0 Å². The van der Waals surface area contributed by atoms with E-state index in [-0.39, 0.29) is 5.88 Å². The van der Waals surface area contributed by atoms with Crippen LogP contribution < -0.4 is 9.47 Å². The number of rotatable bonds is 4. The molecule has 26 heavy (non-hydrogen) atoms. The van der Waals surface area contributed by atoms with Gasteiger partial charge in [-0.15, -0.1) is 5.10 Å². The number of benzene rings is 2. The summed E-state index contributed by atoms with van der Waals surface area (Å²) in [5.41, 5.74) is 2.39. The van der Waals surface area contributed by atoms with Crippen molar-refractivity contribution in [2.75, 3.05) is 0 Å². The van der Waals surface area contributed by atoms with Gasteiger partial charge < -0.3 is 9.47 Å². The lowest BCUT2D eigenvalue weighted by Crippen LogP contribution is -2.00. The van der Waals surface area contributed by atoms with E-state index in [0.29, 0.717) is 34.1 Å². The number of nitriles is 2. The smallest absolute Gasteiger partial charge is 0.257 e. The summed E-state index contributed by atoms with van der Waals surface area (Å²) in [6, 6.07) is 17.9. The van der Waals surface area contributed by atoms with Crippen LogP contribution in [0, 0.1) is 36.5 Å². The first-order chi connectivity index (χ1) is 12.6. The minimum atomic E-state index is 0.177. The van der Waals surface area contributed by atoms with E-state index >= 15 is 0 Å². The fourth-order valence-electron chi connectivity index (χ4n) is 2.21. The quantitative estimate of drug-likeness (QED) is 0.697. The second-order valence-electron chi connectivity index (χ2n) is 5.51. The molecule has 0 atom stereocenters. The average Bonchev–Trinajstić information content (AvgIpc) is 2.67. The van der Waals surface area contributed by atoms with E-state index in [4.69, 9.17) is 14.7 Å². The summed E-state index contributed by atoms with van der Waals surface area (Å²) >= 11 is 0. The Morgan fingerprint density at radius 1 is 0.731 bits per heavy atom. The molecule has 0 bridgehead atoms. The highest BCUT2D eigenvalue weighted by Gasteiger charge is 2.13. The van der Waals surface area contributed by atoms with Gasteiger partial charge in [0.15, 0.2) is 0 Å². The van der Waals surface area contributed by atoms with Gasteiger partial charge in [0.05, 0.1) is 17.3 Å². The normalized spacial score (nSPS) is 9.85. The zero-order valence-electron chi connectivity index (χ0n) is 14.2. The van der Waals surface area contributed by atoms with Gasteiger partial charge in [-0.2, -0.15) is 15.6 Å². The molecular formula is C20H14N4O2. The van der Waals surface area contributed by atoms with Gasteiger partial charge in [0.2, 0.25) is 0 Å². The molecule has 2 aromatic carbocycles. The SMILES string of the molecule is Cc1nnc(Oc2ccc(Oc3ccc(C#N)cc3)cc2)c(C#N)c1C. The van der Waals surface area contributed by atoms with E-state index in [2.05, 4.69) is 22.3 Å². The molecule has 0 fully saturated rings. The predicted octanol–water partition coefficient (Wildman–Crippen LogP) is 4.42. The van der Waals surface area contributed by atoms with Gasteiger partial charge in [0.1, 0.15) is 28.9 Å². The minimum absolute atomic E-state index is 0.177. The third kappa shape index (κ3) is 3.61. The van der Waals surface area contributed by atoms with Crippen LogP contribution in [0.1, 0.15) is 22.4 Å². The molecule has 0 saturated heterocycles. The summed E-state index contributed by atoms with van der Waals surface area (Å²) in [7, 11) is 0. The molecule has 0 aliphatic rings. The molecule has 0 saturated carbocycles. The second-order valence-corrected chi connectivity index (χ2v) is 5.51. The Labute approximate surface area is 150 Å². The zero-order valence-corrected chi connectivity index (χ0v) is 14.2. The van der Waals surface area contributed by atoms with E-state index in [1.165, 1.54) is 0 Å². The van der Waals surface area contributed by atoms with E-state index in [1.807, 2.05) is 6.92 Å². The summed E-state index contributed by atoms with van der Waals surface area (Å²) in [5.74, 6) is 1.95. The monoisotopic (exact) mass is 342 g/mol. The van der Waals surface area contributed by atoms with Crippen LogP contribution in [0.15, 0.2) is 48.5 Å². The van der Waals surface area contributed by atoms with E-state index in [1.54, 1.807) is 55.5 Å². The van der Waals surface area contributed by atoms with Crippen molar-refractivity contribution in [2.24, 2.45) is 0 Å². The number of hydrogen-bond acceptors (Lipinski definition) is 6. The lowest BCUT2D eigenvalue weighted by atomic mass is 10.1.